The second kappa shape index (κ2) is 10.1. The maximum absolute atomic E-state index is 13.3. The molecule has 0 atom stereocenters. The van der Waals surface area contributed by atoms with Gasteiger partial charge in [0.1, 0.15) is 0 Å². The average Bonchev–Trinajstić information content (AvgIpc) is 3.58. The molecule has 0 radical (unpaired) electrons. The highest BCUT2D eigenvalue weighted by Gasteiger charge is 2.28. The minimum Gasteiger partial charge on any atom is -0.321 e. The van der Waals surface area contributed by atoms with Crippen LogP contribution in [0.4, 0.5) is 5.69 Å². The molecule has 1 fully saturated rings. The molecule has 2 aromatic carbocycles. The Balaban J connectivity index is 1.19. The molecule has 1 saturated heterocycles. The van der Waals surface area contributed by atoms with Crippen molar-refractivity contribution in [3.05, 3.63) is 89.1 Å². The number of anilines is 1. The van der Waals surface area contributed by atoms with Gasteiger partial charge in [-0.1, -0.05) is 60.3 Å². The summed E-state index contributed by atoms with van der Waals surface area (Å²) in [5, 5.41) is 16.8. The number of H-pyrrole nitrogens is 1. The fourth-order valence-electron chi connectivity index (χ4n) is 4.66. The van der Waals surface area contributed by atoms with Gasteiger partial charge in [0, 0.05) is 56.1 Å². The van der Waals surface area contributed by atoms with E-state index in [-0.39, 0.29) is 5.91 Å². The van der Waals surface area contributed by atoms with Gasteiger partial charge in [0.25, 0.3) is 5.91 Å². The Morgan fingerprint density at radius 3 is 2.72 bits per heavy atom. The predicted molar refractivity (Wildman–Crippen MR) is 146 cm³/mol. The van der Waals surface area contributed by atoms with Crippen molar-refractivity contribution < 1.29 is 4.79 Å². The summed E-state index contributed by atoms with van der Waals surface area (Å²) in [6.45, 7) is 5.93. The highest BCUT2D eigenvalue weighted by atomic mass is 32.2. The van der Waals surface area contributed by atoms with Gasteiger partial charge in [-0.3, -0.25) is 14.8 Å². The Kier molecular flexibility index (Phi) is 6.42. The van der Waals surface area contributed by atoms with Crippen molar-refractivity contribution in [2.75, 3.05) is 44.6 Å². The van der Waals surface area contributed by atoms with E-state index >= 15 is 0 Å². The monoisotopic (exact) mass is 497 g/mol. The molecule has 3 aliphatic heterocycles. The van der Waals surface area contributed by atoms with E-state index in [0.717, 1.165) is 66.9 Å². The number of hydrogen-bond acceptors (Lipinski definition) is 7. The predicted octanol–water partition coefficient (Wildman–Crippen LogP) is 3.83. The van der Waals surface area contributed by atoms with E-state index in [1.807, 2.05) is 54.6 Å². The fourth-order valence-corrected chi connectivity index (χ4v) is 5.57. The third-order valence-electron chi connectivity index (χ3n) is 6.55. The number of benzene rings is 2. The Hall–Kier alpha value is -3.66. The van der Waals surface area contributed by atoms with E-state index in [0.29, 0.717) is 11.3 Å². The molecule has 3 aromatic rings. The molecule has 1 amide bonds. The van der Waals surface area contributed by atoms with Gasteiger partial charge < -0.3 is 15.5 Å². The molecule has 3 aliphatic rings. The molecule has 36 heavy (non-hydrogen) atoms. The molecule has 8 nitrogen and oxygen atoms in total. The summed E-state index contributed by atoms with van der Waals surface area (Å²) >= 11 is 1.67. The van der Waals surface area contributed by atoms with Gasteiger partial charge >= 0.3 is 0 Å². The number of nitrogens with one attached hydrogen (secondary N) is 3. The molecule has 0 saturated carbocycles. The van der Waals surface area contributed by atoms with Crippen LogP contribution in [0.1, 0.15) is 15.9 Å². The molecular formula is C27H27N7OS. The lowest BCUT2D eigenvalue weighted by atomic mass is 10.1. The summed E-state index contributed by atoms with van der Waals surface area (Å²) in [4.78, 5) is 23.0. The first-order chi connectivity index (χ1) is 17.8. The van der Waals surface area contributed by atoms with Gasteiger partial charge in [0.05, 0.1) is 28.8 Å². The van der Waals surface area contributed by atoms with Gasteiger partial charge in [-0.25, -0.2) is 4.99 Å². The zero-order valence-corrected chi connectivity index (χ0v) is 20.6. The van der Waals surface area contributed by atoms with Gasteiger partial charge in [-0.05, 0) is 17.6 Å². The average molecular weight is 498 g/mol. The number of para-hydroxylation sites is 1. The fraction of sp³-hybridized carbons (Fsp3) is 0.222. The summed E-state index contributed by atoms with van der Waals surface area (Å²) in [5.74, 6) is -0.212. The van der Waals surface area contributed by atoms with Crippen molar-refractivity contribution in [3.8, 4) is 11.3 Å². The molecule has 0 spiro atoms. The van der Waals surface area contributed by atoms with Crippen LogP contribution in [0, 0.1) is 0 Å². The molecule has 9 heteroatoms. The Morgan fingerprint density at radius 2 is 1.86 bits per heavy atom. The van der Waals surface area contributed by atoms with Crippen LogP contribution in [0.25, 0.3) is 17.0 Å². The largest absolute Gasteiger partial charge is 0.321 e. The standard InChI is InChI=1S/C27H27N7OS/c35-26(22-16-29-32-25(22)19-6-2-1-3-7-19)30-23-9-5-4-8-21(23)24-10-13-34-20(18-36-27(34)31-24)17-33-14-11-28-12-15-33/h1-10,16,18,28H,11-15,17H2,(H,29,32)(H,30,35). The van der Waals surface area contributed by atoms with Crippen LogP contribution < -0.4 is 10.6 Å². The minimum atomic E-state index is -0.212. The summed E-state index contributed by atoms with van der Waals surface area (Å²) in [6.07, 6.45) is 3.71. The van der Waals surface area contributed by atoms with Crippen molar-refractivity contribution in [3.63, 3.8) is 0 Å². The third kappa shape index (κ3) is 4.60. The van der Waals surface area contributed by atoms with Gasteiger partial charge in [-0.15, -0.1) is 0 Å². The smallest absolute Gasteiger partial charge is 0.259 e. The van der Waals surface area contributed by atoms with Crippen molar-refractivity contribution in [1.82, 2.24) is 25.3 Å². The number of carbonyl (C=O) groups excluding carboxylic acids is 1. The molecule has 0 unspecified atom stereocenters. The summed E-state index contributed by atoms with van der Waals surface area (Å²) in [5.41, 5.74) is 5.91. The lowest BCUT2D eigenvalue weighted by molar-refractivity contribution is 0.102. The Labute approximate surface area is 214 Å². The quantitative estimate of drug-likeness (QED) is 0.480. The maximum atomic E-state index is 13.3. The zero-order valence-electron chi connectivity index (χ0n) is 19.8. The highest BCUT2D eigenvalue weighted by molar-refractivity contribution is 8.16. The van der Waals surface area contributed by atoms with Crippen LogP contribution in [0.2, 0.25) is 0 Å². The number of thioether (sulfide) groups is 1. The van der Waals surface area contributed by atoms with Crippen molar-refractivity contribution in [1.29, 1.82) is 0 Å². The van der Waals surface area contributed by atoms with E-state index < -0.39 is 0 Å². The lowest BCUT2D eigenvalue weighted by Crippen LogP contribution is -2.45. The van der Waals surface area contributed by atoms with Crippen molar-refractivity contribution in [2.24, 2.45) is 4.99 Å². The number of aliphatic imine (C=N–C) groups is 1. The minimum absolute atomic E-state index is 0.212. The molecule has 1 aromatic heterocycles. The van der Waals surface area contributed by atoms with E-state index in [1.54, 1.807) is 18.0 Å². The highest BCUT2D eigenvalue weighted by Crippen LogP contribution is 2.35. The van der Waals surface area contributed by atoms with E-state index in [2.05, 4.69) is 42.1 Å². The van der Waals surface area contributed by atoms with Crippen LogP contribution in [0.5, 0.6) is 0 Å². The molecule has 6 rings (SSSR count). The first kappa shape index (κ1) is 22.8. The zero-order chi connectivity index (χ0) is 24.3. The van der Waals surface area contributed by atoms with Crippen LogP contribution >= 0.6 is 11.8 Å². The number of fused-ring (bicyclic) bond motifs is 1. The van der Waals surface area contributed by atoms with Crippen molar-refractivity contribution >= 4 is 34.2 Å². The normalized spacial score (nSPS) is 17.8. The molecule has 182 valence electrons. The summed E-state index contributed by atoms with van der Waals surface area (Å²) in [7, 11) is 0. The molecule has 0 bridgehead atoms. The molecular weight excluding hydrogens is 470 g/mol. The third-order valence-corrected chi connectivity index (χ3v) is 7.47. The number of amides is 1. The molecule has 3 N–H and O–H groups in total. The summed E-state index contributed by atoms with van der Waals surface area (Å²) in [6, 6.07) is 17.6. The Morgan fingerprint density at radius 1 is 1.06 bits per heavy atom. The van der Waals surface area contributed by atoms with E-state index in [1.165, 1.54) is 5.70 Å². The van der Waals surface area contributed by atoms with Crippen LogP contribution in [-0.2, 0) is 0 Å². The lowest BCUT2D eigenvalue weighted by Gasteiger charge is -2.31. The van der Waals surface area contributed by atoms with Gasteiger partial charge in [-0.2, -0.15) is 5.10 Å². The first-order valence-electron chi connectivity index (χ1n) is 12.1. The number of carbonyl (C=O) groups is 1. The maximum Gasteiger partial charge on any atom is 0.259 e. The number of aromatic amines is 1. The number of hydrogen-bond donors (Lipinski definition) is 3. The molecule has 4 heterocycles. The van der Waals surface area contributed by atoms with Gasteiger partial charge in [0.2, 0.25) is 0 Å². The Bertz CT molecular complexity index is 1360. The second-order valence-corrected chi connectivity index (χ2v) is 9.71. The second-order valence-electron chi connectivity index (χ2n) is 8.87. The first-order valence-corrected chi connectivity index (χ1v) is 13.0. The molecule has 0 aliphatic carbocycles. The number of aromatic nitrogens is 2. The number of amidine groups is 1. The van der Waals surface area contributed by atoms with Crippen LogP contribution in [0.3, 0.4) is 0 Å². The SMILES string of the molecule is O=C(Nc1ccccc1C1=CCN2C(CN3CCNCC3)=CSC2=N1)c1cn[nH]c1-c1ccccc1. The number of piperazine rings is 1. The van der Waals surface area contributed by atoms with Gasteiger partial charge in [0.15, 0.2) is 5.17 Å². The van der Waals surface area contributed by atoms with E-state index in [9.17, 15) is 4.79 Å². The van der Waals surface area contributed by atoms with E-state index in [4.69, 9.17) is 4.99 Å². The van der Waals surface area contributed by atoms with Crippen molar-refractivity contribution in [2.45, 2.75) is 0 Å². The topological polar surface area (TPSA) is 88.7 Å². The number of rotatable bonds is 6. The number of nitrogens with zero attached hydrogens (tertiary/aromatic N) is 4. The van der Waals surface area contributed by atoms with Crippen LogP contribution in [0.15, 0.2) is 83.0 Å². The van der Waals surface area contributed by atoms with Crippen LogP contribution in [-0.4, -0.2) is 70.3 Å². The summed E-state index contributed by atoms with van der Waals surface area (Å²) < 4.78 is 0.